The molecule has 6 nitrogen and oxygen atoms in total. The van der Waals surface area contributed by atoms with E-state index in [1.54, 1.807) is 25.1 Å². The van der Waals surface area contributed by atoms with Crippen molar-refractivity contribution in [1.29, 1.82) is 0 Å². The van der Waals surface area contributed by atoms with Gasteiger partial charge in [-0.15, -0.1) is 0 Å². The lowest BCUT2D eigenvalue weighted by Crippen LogP contribution is -2.44. The van der Waals surface area contributed by atoms with Crippen LogP contribution in [0.1, 0.15) is 57.9 Å². The van der Waals surface area contributed by atoms with Crippen LogP contribution in [0.3, 0.4) is 0 Å². The Hall–Kier alpha value is -2.08. The predicted molar refractivity (Wildman–Crippen MR) is 107 cm³/mol. The average Bonchev–Trinajstić information content (AvgIpc) is 2.81. The molecule has 0 bridgehead atoms. The van der Waals surface area contributed by atoms with Gasteiger partial charge in [-0.1, -0.05) is 50.6 Å². The number of unbranched alkanes of at least 4 members (excludes halogenated alkanes) is 4. The monoisotopic (exact) mass is 393 g/mol. The number of aryl methyl sites for hydroxylation is 1. The van der Waals surface area contributed by atoms with Gasteiger partial charge in [0.1, 0.15) is 12.1 Å². The highest BCUT2D eigenvalue weighted by Gasteiger charge is 2.47. The number of carbonyl (C=O) groups excluding carboxylic acids is 3. The molecule has 2 rings (SSSR count). The molecule has 0 radical (unpaired) electrons. The van der Waals surface area contributed by atoms with Crippen molar-refractivity contribution in [3.05, 3.63) is 28.8 Å². The summed E-state index contributed by atoms with van der Waals surface area (Å²) in [5, 5.41) is 6.05. The van der Waals surface area contributed by atoms with Crippen LogP contribution in [0.5, 0.6) is 0 Å². The van der Waals surface area contributed by atoms with E-state index < -0.39 is 17.5 Å². The number of benzene rings is 1. The Balaban J connectivity index is 1.93. The first-order chi connectivity index (χ1) is 12.8. The van der Waals surface area contributed by atoms with Gasteiger partial charge in [0.15, 0.2) is 0 Å². The van der Waals surface area contributed by atoms with Crippen molar-refractivity contribution in [2.75, 3.05) is 11.9 Å². The Labute approximate surface area is 165 Å². The molecule has 1 aliphatic heterocycles. The van der Waals surface area contributed by atoms with Crippen molar-refractivity contribution in [2.24, 2.45) is 0 Å². The van der Waals surface area contributed by atoms with Gasteiger partial charge in [-0.25, -0.2) is 4.79 Å². The van der Waals surface area contributed by atoms with E-state index >= 15 is 0 Å². The van der Waals surface area contributed by atoms with Crippen LogP contribution in [-0.2, 0) is 9.59 Å². The zero-order valence-corrected chi connectivity index (χ0v) is 17.0. The molecule has 1 fully saturated rings. The number of nitrogens with one attached hydrogen (secondary N) is 2. The van der Waals surface area contributed by atoms with Gasteiger partial charge < -0.3 is 10.6 Å². The lowest BCUT2D eigenvalue weighted by Gasteiger charge is -2.21. The summed E-state index contributed by atoms with van der Waals surface area (Å²) < 4.78 is 0. The van der Waals surface area contributed by atoms with Gasteiger partial charge in [0.2, 0.25) is 5.91 Å². The second-order valence-corrected chi connectivity index (χ2v) is 7.76. The first kappa shape index (κ1) is 21.2. The second kappa shape index (κ2) is 9.22. The van der Waals surface area contributed by atoms with Gasteiger partial charge in [-0.05, 0) is 44.0 Å². The number of anilines is 1. The normalized spacial score (nSPS) is 19.3. The standard InChI is InChI=1S/C20H28ClN3O3/c1-4-5-6-7-8-11-20(3)18(26)24(19(27)23-20)13-17(25)22-16-10-9-15(21)12-14(16)2/h9-10,12H,4-8,11,13H2,1-3H3,(H,22,25)(H,23,27)/t20-/m0/s1. The highest BCUT2D eigenvalue weighted by Crippen LogP contribution is 2.24. The molecule has 4 amide bonds. The van der Waals surface area contributed by atoms with E-state index in [1.165, 1.54) is 6.42 Å². The molecule has 1 aromatic rings. The van der Waals surface area contributed by atoms with Crippen LogP contribution in [0.2, 0.25) is 5.02 Å². The van der Waals surface area contributed by atoms with Crippen LogP contribution in [0.15, 0.2) is 18.2 Å². The Bertz CT molecular complexity index is 722. The zero-order chi connectivity index (χ0) is 20.0. The van der Waals surface area contributed by atoms with Crippen molar-refractivity contribution >= 4 is 35.1 Å². The summed E-state index contributed by atoms with van der Waals surface area (Å²) >= 11 is 5.91. The number of carbonyl (C=O) groups is 3. The third kappa shape index (κ3) is 5.45. The zero-order valence-electron chi connectivity index (χ0n) is 16.2. The lowest BCUT2D eigenvalue weighted by molar-refractivity contribution is -0.133. The second-order valence-electron chi connectivity index (χ2n) is 7.33. The molecule has 1 aliphatic rings. The highest BCUT2D eigenvalue weighted by molar-refractivity contribution is 6.30. The number of hydrogen-bond acceptors (Lipinski definition) is 3. The first-order valence-corrected chi connectivity index (χ1v) is 9.85. The number of rotatable bonds is 9. The fourth-order valence-electron chi connectivity index (χ4n) is 3.24. The Morgan fingerprint density at radius 1 is 1.22 bits per heavy atom. The summed E-state index contributed by atoms with van der Waals surface area (Å²) in [6.45, 7) is 5.40. The third-order valence-corrected chi connectivity index (χ3v) is 5.12. The molecule has 148 valence electrons. The first-order valence-electron chi connectivity index (χ1n) is 9.47. The molecule has 1 aromatic carbocycles. The van der Waals surface area contributed by atoms with Crippen LogP contribution in [0.25, 0.3) is 0 Å². The minimum Gasteiger partial charge on any atom is -0.324 e. The van der Waals surface area contributed by atoms with Crippen molar-refractivity contribution in [3.63, 3.8) is 0 Å². The van der Waals surface area contributed by atoms with Crippen molar-refractivity contribution in [2.45, 2.75) is 64.8 Å². The minimum absolute atomic E-state index is 0.307. The van der Waals surface area contributed by atoms with Gasteiger partial charge in [0, 0.05) is 10.7 Å². The van der Waals surface area contributed by atoms with E-state index in [1.807, 2.05) is 6.92 Å². The molecule has 0 aliphatic carbocycles. The Morgan fingerprint density at radius 3 is 2.59 bits per heavy atom. The lowest BCUT2D eigenvalue weighted by atomic mass is 9.94. The van der Waals surface area contributed by atoms with Crippen LogP contribution < -0.4 is 10.6 Å². The number of imide groups is 1. The predicted octanol–water partition coefficient (Wildman–Crippen LogP) is 4.26. The van der Waals surface area contributed by atoms with Crippen molar-refractivity contribution < 1.29 is 14.4 Å². The summed E-state index contributed by atoms with van der Waals surface area (Å²) in [7, 11) is 0. The maximum Gasteiger partial charge on any atom is 0.325 e. The maximum absolute atomic E-state index is 12.7. The molecule has 0 saturated carbocycles. The topological polar surface area (TPSA) is 78.5 Å². The minimum atomic E-state index is -0.931. The summed E-state index contributed by atoms with van der Waals surface area (Å²) in [4.78, 5) is 38.2. The maximum atomic E-state index is 12.7. The van der Waals surface area contributed by atoms with Gasteiger partial charge in [0.05, 0.1) is 0 Å². The number of amides is 4. The molecule has 27 heavy (non-hydrogen) atoms. The summed E-state index contributed by atoms with van der Waals surface area (Å²) in [6, 6.07) is 4.59. The molecule has 7 heteroatoms. The summed E-state index contributed by atoms with van der Waals surface area (Å²) in [5.74, 6) is -0.762. The Kier molecular flexibility index (Phi) is 7.25. The van der Waals surface area contributed by atoms with Gasteiger partial charge in [-0.2, -0.15) is 0 Å². The van der Waals surface area contributed by atoms with Gasteiger partial charge in [-0.3, -0.25) is 14.5 Å². The molecular weight excluding hydrogens is 366 g/mol. The SMILES string of the molecule is CCCCCCC[C@]1(C)NC(=O)N(CC(=O)Nc2ccc(Cl)cc2C)C1=O. The number of nitrogens with zero attached hydrogens (tertiary/aromatic N) is 1. The number of halogens is 1. The molecule has 1 saturated heterocycles. The van der Waals surface area contributed by atoms with E-state index in [-0.39, 0.29) is 12.5 Å². The van der Waals surface area contributed by atoms with Gasteiger partial charge in [0.25, 0.3) is 5.91 Å². The fraction of sp³-hybridized carbons (Fsp3) is 0.550. The van der Waals surface area contributed by atoms with E-state index in [9.17, 15) is 14.4 Å². The van der Waals surface area contributed by atoms with E-state index in [2.05, 4.69) is 17.6 Å². The molecule has 1 heterocycles. The Morgan fingerprint density at radius 2 is 1.93 bits per heavy atom. The summed E-state index contributed by atoms with van der Waals surface area (Å²) in [5.41, 5.74) is 0.486. The van der Waals surface area contributed by atoms with Crippen LogP contribution in [0.4, 0.5) is 10.5 Å². The smallest absolute Gasteiger partial charge is 0.324 e. The molecule has 2 N–H and O–H groups in total. The number of urea groups is 1. The van der Waals surface area contributed by atoms with Crippen LogP contribution in [0, 0.1) is 6.92 Å². The third-order valence-electron chi connectivity index (χ3n) is 4.89. The van der Waals surface area contributed by atoms with E-state index in [0.29, 0.717) is 17.1 Å². The molecular formula is C20H28ClN3O3. The number of hydrogen-bond donors (Lipinski definition) is 2. The average molecular weight is 394 g/mol. The highest BCUT2D eigenvalue weighted by atomic mass is 35.5. The molecule has 0 unspecified atom stereocenters. The molecule has 1 atom stereocenters. The quantitative estimate of drug-likeness (QED) is 0.486. The van der Waals surface area contributed by atoms with Gasteiger partial charge >= 0.3 is 6.03 Å². The van der Waals surface area contributed by atoms with E-state index in [0.717, 1.165) is 36.1 Å². The van der Waals surface area contributed by atoms with E-state index in [4.69, 9.17) is 11.6 Å². The summed E-state index contributed by atoms with van der Waals surface area (Å²) in [6.07, 6.45) is 5.93. The largest absolute Gasteiger partial charge is 0.325 e. The van der Waals surface area contributed by atoms with Crippen molar-refractivity contribution in [1.82, 2.24) is 10.2 Å². The molecule has 0 aromatic heterocycles. The molecule has 0 spiro atoms. The fourth-order valence-corrected chi connectivity index (χ4v) is 3.47. The van der Waals surface area contributed by atoms with Crippen LogP contribution in [-0.4, -0.2) is 34.8 Å². The van der Waals surface area contributed by atoms with Crippen LogP contribution >= 0.6 is 11.6 Å². The van der Waals surface area contributed by atoms with Crippen molar-refractivity contribution in [3.8, 4) is 0 Å².